The quantitative estimate of drug-likeness (QED) is 0.767. The molecule has 3 rings (SSSR count). The highest BCUT2D eigenvalue weighted by Gasteiger charge is 2.27. The number of nitrogens with two attached hydrogens (primary N) is 1. The Morgan fingerprint density at radius 2 is 2.38 bits per heavy atom. The molecule has 3 nitrogen and oxygen atoms in total. The molecule has 4 heteroatoms. The lowest BCUT2D eigenvalue weighted by Crippen LogP contribution is -2.87. The standard InChI is InChI=1S/C12H12ClN3/c13-9-3-1-2-8(6-9)11-12-10(4-5-14-11)15-7-16-12/h1-3,6-7,11,14H,4-5H2,(H,15,16)/p+1/t11-/m0/s1. The van der Waals surface area contributed by atoms with Crippen molar-refractivity contribution in [2.24, 2.45) is 0 Å². The second-order valence-corrected chi connectivity index (χ2v) is 4.51. The molecular weight excluding hydrogens is 222 g/mol. The zero-order valence-corrected chi connectivity index (χ0v) is 9.54. The summed E-state index contributed by atoms with van der Waals surface area (Å²) >= 11 is 6.02. The van der Waals surface area contributed by atoms with Gasteiger partial charge in [-0.05, 0) is 12.1 Å². The van der Waals surface area contributed by atoms with Crippen LogP contribution >= 0.6 is 11.6 Å². The molecule has 1 aromatic carbocycles. The van der Waals surface area contributed by atoms with Crippen molar-refractivity contribution in [1.82, 2.24) is 9.97 Å². The Morgan fingerprint density at radius 1 is 1.44 bits per heavy atom. The Hall–Kier alpha value is -1.32. The highest BCUT2D eigenvalue weighted by molar-refractivity contribution is 6.30. The van der Waals surface area contributed by atoms with Crippen molar-refractivity contribution < 1.29 is 5.32 Å². The molecule has 82 valence electrons. The maximum absolute atomic E-state index is 6.02. The first-order chi connectivity index (χ1) is 7.84. The lowest BCUT2D eigenvalue weighted by molar-refractivity contribution is -0.690. The second kappa shape index (κ2) is 3.92. The Labute approximate surface area is 98.9 Å². The summed E-state index contributed by atoms with van der Waals surface area (Å²) < 4.78 is 0. The van der Waals surface area contributed by atoms with Gasteiger partial charge in [-0.3, -0.25) is 0 Å². The van der Waals surface area contributed by atoms with Crippen LogP contribution < -0.4 is 5.32 Å². The van der Waals surface area contributed by atoms with E-state index in [1.54, 1.807) is 6.33 Å². The number of hydrogen-bond acceptors (Lipinski definition) is 1. The van der Waals surface area contributed by atoms with E-state index in [9.17, 15) is 0 Å². The topological polar surface area (TPSA) is 45.3 Å². The second-order valence-electron chi connectivity index (χ2n) is 4.07. The minimum atomic E-state index is 0.286. The van der Waals surface area contributed by atoms with Crippen molar-refractivity contribution in [3.63, 3.8) is 0 Å². The molecule has 0 fully saturated rings. The van der Waals surface area contributed by atoms with Crippen LogP contribution in [0.1, 0.15) is 23.0 Å². The van der Waals surface area contributed by atoms with Crippen LogP contribution in [0.2, 0.25) is 5.02 Å². The molecule has 1 atom stereocenters. The van der Waals surface area contributed by atoms with Gasteiger partial charge in [-0.2, -0.15) is 0 Å². The van der Waals surface area contributed by atoms with Crippen molar-refractivity contribution in [2.45, 2.75) is 12.5 Å². The smallest absolute Gasteiger partial charge is 0.156 e. The van der Waals surface area contributed by atoms with Crippen LogP contribution in [0.15, 0.2) is 30.6 Å². The molecule has 1 aromatic heterocycles. The molecule has 0 saturated heterocycles. The normalized spacial score (nSPS) is 19.4. The largest absolute Gasteiger partial charge is 0.348 e. The van der Waals surface area contributed by atoms with E-state index < -0.39 is 0 Å². The summed E-state index contributed by atoms with van der Waals surface area (Å²) in [6, 6.07) is 8.31. The van der Waals surface area contributed by atoms with Gasteiger partial charge >= 0.3 is 0 Å². The maximum Gasteiger partial charge on any atom is 0.156 e. The van der Waals surface area contributed by atoms with Crippen LogP contribution in [0.5, 0.6) is 0 Å². The van der Waals surface area contributed by atoms with Gasteiger partial charge in [0.25, 0.3) is 0 Å². The number of aromatic amines is 1. The van der Waals surface area contributed by atoms with Crippen molar-refractivity contribution in [2.75, 3.05) is 6.54 Å². The molecule has 1 aliphatic heterocycles. The van der Waals surface area contributed by atoms with E-state index in [0.717, 1.165) is 23.7 Å². The molecule has 0 unspecified atom stereocenters. The van der Waals surface area contributed by atoms with E-state index in [4.69, 9.17) is 11.6 Å². The van der Waals surface area contributed by atoms with Crippen LogP contribution in [0, 0.1) is 0 Å². The van der Waals surface area contributed by atoms with Crippen molar-refractivity contribution >= 4 is 11.6 Å². The lowest BCUT2D eigenvalue weighted by atomic mass is 9.98. The van der Waals surface area contributed by atoms with Gasteiger partial charge in [0.1, 0.15) is 5.69 Å². The van der Waals surface area contributed by atoms with Gasteiger partial charge in [0, 0.05) is 22.7 Å². The zero-order valence-electron chi connectivity index (χ0n) is 8.78. The van der Waals surface area contributed by atoms with E-state index >= 15 is 0 Å². The van der Waals surface area contributed by atoms with Crippen LogP contribution in [-0.4, -0.2) is 16.5 Å². The first-order valence-electron chi connectivity index (χ1n) is 5.45. The Bertz CT molecular complexity index is 506. The molecule has 0 spiro atoms. The van der Waals surface area contributed by atoms with E-state index in [1.807, 2.05) is 18.2 Å². The number of aromatic nitrogens is 2. The molecule has 0 bridgehead atoms. The summed E-state index contributed by atoms with van der Waals surface area (Å²) in [4.78, 5) is 7.62. The zero-order chi connectivity index (χ0) is 11.0. The van der Waals surface area contributed by atoms with Crippen molar-refractivity contribution in [1.29, 1.82) is 0 Å². The maximum atomic E-state index is 6.02. The molecule has 16 heavy (non-hydrogen) atoms. The van der Waals surface area contributed by atoms with E-state index in [1.165, 1.54) is 11.3 Å². The number of benzene rings is 1. The molecule has 2 heterocycles. The highest BCUT2D eigenvalue weighted by atomic mass is 35.5. The fourth-order valence-corrected chi connectivity index (χ4v) is 2.50. The monoisotopic (exact) mass is 234 g/mol. The van der Waals surface area contributed by atoms with E-state index in [2.05, 4.69) is 21.4 Å². The molecular formula is C12H13ClN3+. The van der Waals surface area contributed by atoms with E-state index in [0.29, 0.717) is 0 Å². The number of hydrogen-bond donors (Lipinski definition) is 2. The SMILES string of the molecule is Clc1cccc([C@@H]2[NH2+]CCc3[nH]cnc32)c1. The van der Waals surface area contributed by atoms with Crippen molar-refractivity contribution in [3.8, 4) is 0 Å². The Morgan fingerprint density at radius 3 is 3.25 bits per heavy atom. The molecule has 1 aliphatic rings. The number of halogens is 1. The van der Waals surface area contributed by atoms with Gasteiger partial charge in [0.05, 0.1) is 12.9 Å². The Kier molecular flexibility index (Phi) is 2.42. The van der Waals surface area contributed by atoms with Gasteiger partial charge in [-0.1, -0.05) is 23.7 Å². The number of nitrogens with one attached hydrogen (secondary N) is 1. The third-order valence-electron chi connectivity index (χ3n) is 3.05. The molecule has 0 radical (unpaired) electrons. The number of H-pyrrole nitrogens is 1. The third kappa shape index (κ3) is 1.62. The first kappa shape index (κ1) is 9.87. The number of quaternary nitrogens is 1. The summed E-state index contributed by atoms with van der Waals surface area (Å²) in [7, 11) is 0. The lowest BCUT2D eigenvalue weighted by Gasteiger charge is -2.20. The fourth-order valence-electron chi connectivity index (χ4n) is 2.30. The Balaban J connectivity index is 2.04. The minimum absolute atomic E-state index is 0.286. The van der Waals surface area contributed by atoms with Crippen molar-refractivity contribution in [3.05, 3.63) is 52.6 Å². The molecule has 0 saturated carbocycles. The van der Waals surface area contributed by atoms with Gasteiger partial charge in [-0.15, -0.1) is 0 Å². The molecule has 3 N–H and O–H groups in total. The number of imidazole rings is 1. The third-order valence-corrected chi connectivity index (χ3v) is 3.29. The number of fused-ring (bicyclic) bond motifs is 1. The first-order valence-corrected chi connectivity index (χ1v) is 5.83. The van der Waals surface area contributed by atoms with Crippen LogP contribution in [0.4, 0.5) is 0 Å². The predicted molar refractivity (Wildman–Crippen MR) is 62.4 cm³/mol. The van der Waals surface area contributed by atoms with Crippen LogP contribution in [0.25, 0.3) is 0 Å². The van der Waals surface area contributed by atoms with E-state index in [-0.39, 0.29) is 6.04 Å². The molecule has 0 amide bonds. The molecule has 0 aliphatic carbocycles. The van der Waals surface area contributed by atoms with Crippen LogP contribution in [0.3, 0.4) is 0 Å². The minimum Gasteiger partial charge on any atom is -0.348 e. The highest BCUT2D eigenvalue weighted by Crippen LogP contribution is 2.23. The van der Waals surface area contributed by atoms with Gasteiger partial charge in [0.2, 0.25) is 0 Å². The number of rotatable bonds is 1. The molecule has 2 aromatic rings. The average molecular weight is 235 g/mol. The summed E-state index contributed by atoms with van der Waals surface area (Å²) in [5.74, 6) is 0. The number of nitrogens with zero attached hydrogens (tertiary/aromatic N) is 1. The van der Waals surface area contributed by atoms with Crippen LogP contribution in [-0.2, 0) is 6.42 Å². The van der Waals surface area contributed by atoms with Gasteiger partial charge < -0.3 is 10.3 Å². The predicted octanol–water partition coefficient (Wildman–Crippen LogP) is 1.27. The summed E-state index contributed by atoms with van der Waals surface area (Å²) in [5.41, 5.74) is 3.63. The van der Waals surface area contributed by atoms with Gasteiger partial charge in [-0.25, -0.2) is 4.98 Å². The summed E-state index contributed by atoms with van der Waals surface area (Å²) in [6.45, 7) is 1.09. The summed E-state index contributed by atoms with van der Waals surface area (Å²) in [6.07, 6.45) is 2.84. The van der Waals surface area contributed by atoms with Gasteiger partial charge in [0.15, 0.2) is 6.04 Å². The summed E-state index contributed by atoms with van der Waals surface area (Å²) in [5, 5.41) is 3.10. The fraction of sp³-hybridized carbons (Fsp3) is 0.250. The average Bonchev–Trinajstić information content (AvgIpc) is 2.76.